The Hall–Kier alpha value is -2.66. The molecular weight excluding hydrogens is 329 g/mol. The number of aromatic nitrogens is 1. The molecule has 4 nitrogen and oxygen atoms in total. The number of para-hydroxylation sites is 1. The Bertz CT molecular complexity index is 912. The number of rotatable bonds is 4. The molecule has 134 valence electrons. The number of piperazine rings is 1. The summed E-state index contributed by atoms with van der Waals surface area (Å²) in [6.07, 6.45) is 3.08. The van der Waals surface area contributed by atoms with Crippen LogP contribution >= 0.6 is 0 Å². The van der Waals surface area contributed by atoms with E-state index < -0.39 is 0 Å². The number of carbonyl (C=O) groups is 1. The molecule has 1 saturated heterocycles. The summed E-state index contributed by atoms with van der Waals surface area (Å²) < 4.78 is 13.3. The lowest BCUT2D eigenvalue weighted by Crippen LogP contribution is -2.49. The van der Waals surface area contributed by atoms with Crippen LogP contribution < -0.4 is 0 Å². The number of fused-ring (bicyclic) bond motifs is 1. The van der Waals surface area contributed by atoms with Crippen LogP contribution in [0, 0.1) is 5.82 Å². The van der Waals surface area contributed by atoms with Crippen LogP contribution in [0.5, 0.6) is 0 Å². The normalized spacial score (nSPS) is 15.5. The molecule has 2 aromatic carbocycles. The van der Waals surface area contributed by atoms with E-state index in [0.717, 1.165) is 26.1 Å². The SMILES string of the molecule is O=C(c1cccc(F)c1)N1CCN(CCc2c[nH]c3ccccc23)CC1. The zero-order valence-corrected chi connectivity index (χ0v) is 14.6. The van der Waals surface area contributed by atoms with Gasteiger partial charge in [-0.25, -0.2) is 4.39 Å². The van der Waals surface area contributed by atoms with E-state index in [-0.39, 0.29) is 11.7 Å². The third-order valence-electron chi connectivity index (χ3n) is 5.10. The van der Waals surface area contributed by atoms with Crippen LogP contribution in [0.15, 0.2) is 54.7 Å². The van der Waals surface area contributed by atoms with Crippen molar-refractivity contribution in [3.63, 3.8) is 0 Å². The van der Waals surface area contributed by atoms with E-state index in [1.807, 2.05) is 11.0 Å². The number of halogens is 1. The minimum atomic E-state index is -0.367. The summed E-state index contributed by atoms with van der Waals surface area (Å²) in [4.78, 5) is 20.0. The smallest absolute Gasteiger partial charge is 0.254 e. The van der Waals surface area contributed by atoms with Crippen molar-refractivity contribution in [2.45, 2.75) is 6.42 Å². The van der Waals surface area contributed by atoms with Gasteiger partial charge in [0.2, 0.25) is 0 Å². The Morgan fingerprint density at radius 2 is 1.85 bits per heavy atom. The minimum Gasteiger partial charge on any atom is -0.361 e. The molecule has 1 N–H and O–H groups in total. The summed E-state index contributed by atoms with van der Waals surface area (Å²) >= 11 is 0. The number of hydrogen-bond acceptors (Lipinski definition) is 2. The van der Waals surface area contributed by atoms with Crippen LogP contribution in [0.4, 0.5) is 4.39 Å². The number of amides is 1. The molecule has 1 aromatic heterocycles. The second-order valence-corrected chi connectivity index (χ2v) is 6.75. The summed E-state index contributed by atoms with van der Waals surface area (Å²) in [5.41, 5.74) is 2.93. The third-order valence-corrected chi connectivity index (χ3v) is 5.10. The summed E-state index contributed by atoms with van der Waals surface area (Å²) in [7, 11) is 0. The lowest BCUT2D eigenvalue weighted by atomic mass is 10.1. The molecule has 1 aliphatic heterocycles. The van der Waals surface area contributed by atoms with Crippen molar-refractivity contribution in [2.24, 2.45) is 0 Å². The van der Waals surface area contributed by atoms with Gasteiger partial charge in [-0.2, -0.15) is 0 Å². The lowest BCUT2D eigenvalue weighted by Gasteiger charge is -2.34. The Morgan fingerprint density at radius 3 is 2.65 bits per heavy atom. The van der Waals surface area contributed by atoms with Gasteiger partial charge in [-0.3, -0.25) is 9.69 Å². The summed E-state index contributed by atoms with van der Waals surface area (Å²) in [5, 5.41) is 1.28. The highest BCUT2D eigenvalue weighted by Crippen LogP contribution is 2.19. The van der Waals surface area contributed by atoms with Crippen molar-refractivity contribution in [3.8, 4) is 0 Å². The highest BCUT2D eigenvalue weighted by atomic mass is 19.1. The van der Waals surface area contributed by atoms with E-state index in [4.69, 9.17) is 0 Å². The molecule has 3 aromatic rings. The quantitative estimate of drug-likeness (QED) is 0.783. The third kappa shape index (κ3) is 3.48. The molecule has 0 spiro atoms. The lowest BCUT2D eigenvalue weighted by molar-refractivity contribution is 0.0638. The number of carbonyl (C=O) groups excluding carboxylic acids is 1. The molecule has 2 heterocycles. The monoisotopic (exact) mass is 351 g/mol. The molecule has 1 aliphatic rings. The number of benzene rings is 2. The van der Waals surface area contributed by atoms with Crippen molar-refractivity contribution in [1.82, 2.24) is 14.8 Å². The molecule has 1 amide bonds. The van der Waals surface area contributed by atoms with Crippen LogP contribution in [-0.2, 0) is 6.42 Å². The fourth-order valence-electron chi connectivity index (χ4n) is 3.60. The highest BCUT2D eigenvalue weighted by Gasteiger charge is 2.22. The van der Waals surface area contributed by atoms with Gasteiger partial charge in [-0.15, -0.1) is 0 Å². The predicted octanol–water partition coefficient (Wildman–Crippen LogP) is 3.31. The Morgan fingerprint density at radius 1 is 1.04 bits per heavy atom. The molecule has 0 bridgehead atoms. The molecule has 26 heavy (non-hydrogen) atoms. The molecule has 4 rings (SSSR count). The maximum atomic E-state index is 13.3. The maximum Gasteiger partial charge on any atom is 0.254 e. The van der Waals surface area contributed by atoms with Crippen LogP contribution in [0.1, 0.15) is 15.9 Å². The van der Waals surface area contributed by atoms with E-state index >= 15 is 0 Å². The van der Waals surface area contributed by atoms with E-state index in [2.05, 4.69) is 34.3 Å². The largest absolute Gasteiger partial charge is 0.361 e. The van der Waals surface area contributed by atoms with Gasteiger partial charge >= 0.3 is 0 Å². The molecule has 1 fully saturated rings. The zero-order valence-electron chi connectivity index (χ0n) is 14.6. The fourth-order valence-corrected chi connectivity index (χ4v) is 3.60. The zero-order chi connectivity index (χ0) is 17.9. The van der Waals surface area contributed by atoms with Crippen LogP contribution in [0.2, 0.25) is 0 Å². The molecule has 0 aliphatic carbocycles. The maximum absolute atomic E-state index is 13.3. The van der Waals surface area contributed by atoms with Gasteiger partial charge in [-0.05, 0) is 36.2 Å². The van der Waals surface area contributed by atoms with Gasteiger partial charge in [-0.1, -0.05) is 24.3 Å². The average Bonchev–Trinajstić information content (AvgIpc) is 3.09. The Kier molecular flexibility index (Phi) is 4.71. The van der Waals surface area contributed by atoms with Crippen molar-refractivity contribution >= 4 is 16.8 Å². The molecule has 5 heteroatoms. The number of aromatic amines is 1. The highest BCUT2D eigenvalue weighted by molar-refractivity contribution is 5.94. The molecular formula is C21H22FN3O. The second kappa shape index (κ2) is 7.30. The van der Waals surface area contributed by atoms with Gasteiger partial charge in [0.15, 0.2) is 0 Å². The average molecular weight is 351 g/mol. The first-order valence-electron chi connectivity index (χ1n) is 9.03. The van der Waals surface area contributed by atoms with Crippen molar-refractivity contribution in [1.29, 1.82) is 0 Å². The predicted molar refractivity (Wildman–Crippen MR) is 101 cm³/mol. The summed E-state index contributed by atoms with van der Waals surface area (Å²) in [6.45, 7) is 4.04. The number of hydrogen-bond donors (Lipinski definition) is 1. The summed E-state index contributed by atoms with van der Waals surface area (Å²) in [5.74, 6) is -0.450. The molecule has 0 radical (unpaired) electrons. The molecule has 0 unspecified atom stereocenters. The van der Waals surface area contributed by atoms with Crippen molar-refractivity contribution in [2.75, 3.05) is 32.7 Å². The topological polar surface area (TPSA) is 39.3 Å². The van der Waals surface area contributed by atoms with Crippen LogP contribution in [-0.4, -0.2) is 53.4 Å². The Labute approximate surface area is 152 Å². The Balaban J connectivity index is 1.32. The van der Waals surface area contributed by atoms with Gasteiger partial charge in [0.1, 0.15) is 5.82 Å². The fraction of sp³-hybridized carbons (Fsp3) is 0.286. The minimum absolute atomic E-state index is 0.0826. The van der Waals surface area contributed by atoms with Crippen LogP contribution in [0.25, 0.3) is 10.9 Å². The number of nitrogens with zero attached hydrogens (tertiary/aromatic N) is 2. The molecule has 0 saturated carbocycles. The van der Waals surface area contributed by atoms with Gasteiger partial charge in [0.05, 0.1) is 0 Å². The van der Waals surface area contributed by atoms with Gasteiger partial charge in [0.25, 0.3) is 5.91 Å². The van der Waals surface area contributed by atoms with Crippen LogP contribution in [0.3, 0.4) is 0 Å². The van der Waals surface area contributed by atoms with Gasteiger partial charge in [0, 0.05) is 55.4 Å². The number of nitrogens with one attached hydrogen (secondary N) is 1. The first-order chi connectivity index (χ1) is 12.7. The standard InChI is InChI=1S/C21H22FN3O/c22-18-5-3-4-16(14-18)21(26)25-12-10-24(11-13-25)9-8-17-15-23-20-7-2-1-6-19(17)20/h1-7,14-15,23H,8-13H2. The van der Waals surface area contributed by atoms with Crippen molar-refractivity contribution < 1.29 is 9.18 Å². The van der Waals surface area contributed by atoms with Crippen molar-refractivity contribution in [3.05, 3.63) is 71.7 Å². The number of H-pyrrole nitrogens is 1. The first kappa shape index (κ1) is 16.8. The van der Waals surface area contributed by atoms with E-state index in [1.54, 1.807) is 12.1 Å². The van der Waals surface area contributed by atoms with E-state index in [0.29, 0.717) is 18.7 Å². The van der Waals surface area contributed by atoms with E-state index in [1.165, 1.54) is 28.6 Å². The second-order valence-electron chi connectivity index (χ2n) is 6.75. The summed E-state index contributed by atoms with van der Waals surface area (Å²) in [6, 6.07) is 14.3. The first-order valence-corrected chi connectivity index (χ1v) is 9.03. The molecule has 0 atom stereocenters. The van der Waals surface area contributed by atoms with E-state index in [9.17, 15) is 9.18 Å². The van der Waals surface area contributed by atoms with Gasteiger partial charge < -0.3 is 9.88 Å².